The summed E-state index contributed by atoms with van der Waals surface area (Å²) in [5, 5.41) is 0. The lowest BCUT2D eigenvalue weighted by Gasteiger charge is -2.32. The molecule has 0 aliphatic carbocycles. The smallest absolute Gasteiger partial charge is 0.400 e. The van der Waals surface area contributed by atoms with E-state index in [0.717, 1.165) is 22.3 Å². The van der Waals surface area contributed by atoms with Gasteiger partial charge >= 0.3 is 7.12 Å². The average Bonchev–Trinajstić information content (AvgIpc) is 3.12. The van der Waals surface area contributed by atoms with Crippen molar-refractivity contribution in [3.8, 4) is 11.3 Å². The van der Waals surface area contributed by atoms with Gasteiger partial charge in [-0.05, 0) is 44.3 Å². The second-order valence-corrected chi connectivity index (χ2v) is 7.10. The lowest BCUT2D eigenvalue weighted by Crippen LogP contribution is -2.41. The van der Waals surface area contributed by atoms with Crippen molar-refractivity contribution in [2.75, 3.05) is 6.54 Å². The van der Waals surface area contributed by atoms with E-state index in [4.69, 9.17) is 15.0 Å². The van der Waals surface area contributed by atoms with Crippen LogP contribution >= 0.6 is 0 Å². The van der Waals surface area contributed by atoms with Gasteiger partial charge in [0.25, 0.3) is 0 Å². The molecule has 1 aromatic carbocycles. The molecule has 0 atom stereocenters. The summed E-state index contributed by atoms with van der Waals surface area (Å²) in [5.41, 5.74) is 9.30. The molecule has 1 aliphatic heterocycles. The first-order valence-corrected chi connectivity index (χ1v) is 8.17. The minimum atomic E-state index is -0.410. The Morgan fingerprint density at radius 1 is 1.17 bits per heavy atom. The van der Waals surface area contributed by atoms with Gasteiger partial charge in [0.1, 0.15) is 0 Å². The quantitative estimate of drug-likeness (QED) is 0.848. The molecule has 126 valence electrons. The number of hydrogen-bond acceptors (Lipinski definition) is 4. The molecule has 0 radical (unpaired) electrons. The van der Waals surface area contributed by atoms with Crippen molar-refractivity contribution in [2.24, 2.45) is 5.73 Å². The summed E-state index contributed by atoms with van der Waals surface area (Å²) in [7, 11) is -0.410. The van der Waals surface area contributed by atoms with Crippen LogP contribution in [0, 0.1) is 0 Å². The third-order valence-electron chi connectivity index (χ3n) is 4.86. The molecular weight excluding hydrogens is 301 g/mol. The van der Waals surface area contributed by atoms with E-state index in [-0.39, 0.29) is 11.2 Å². The maximum absolute atomic E-state index is 6.09. The van der Waals surface area contributed by atoms with Gasteiger partial charge in [0.05, 0.1) is 29.4 Å². The molecule has 2 aromatic rings. The van der Waals surface area contributed by atoms with E-state index in [0.29, 0.717) is 6.54 Å². The van der Waals surface area contributed by atoms with Crippen molar-refractivity contribution < 1.29 is 9.31 Å². The second-order valence-electron chi connectivity index (χ2n) is 7.10. The van der Waals surface area contributed by atoms with Crippen LogP contribution in [0.15, 0.2) is 42.3 Å². The molecule has 1 aliphatic rings. The number of rotatable bonds is 4. The van der Waals surface area contributed by atoms with E-state index in [1.165, 1.54) is 0 Å². The first-order valence-electron chi connectivity index (χ1n) is 8.17. The van der Waals surface area contributed by atoms with Crippen LogP contribution in [0.1, 0.15) is 33.3 Å². The monoisotopic (exact) mass is 325 g/mol. The molecule has 0 saturated carbocycles. The fraction of sp³-hybridized carbons (Fsp3) is 0.389. The summed E-state index contributed by atoms with van der Waals surface area (Å²) in [5.74, 6) is 0. The number of nitrogens with one attached hydrogen (secondary N) is 1. The summed E-state index contributed by atoms with van der Waals surface area (Å²) >= 11 is 0. The minimum absolute atomic E-state index is 0.365. The van der Waals surface area contributed by atoms with Crippen LogP contribution in [0.5, 0.6) is 0 Å². The summed E-state index contributed by atoms with van der Waals surface area (Å²) in [6.07, 6.45) is 5.52. The highest BCUT2D eigenvalue weighted by atomic mass is 16.7. The van der Waals surface area contributed by atoms with E-state index in [2.05, 4.69) is 34.2 Å². The normalized spacial score (nSPS) is 19.7. The van der Waals surface area contributed by atoms with E-state index in [9.17, 15) is 0 Å². The van der Waals surface area contributed by atoms with Crippen molar-refractivity contribution in [3.63, 3.8) is 0 Å². The molecule has 24 heavy (non-hydrogen) atoms. The predicted molar refractivity (Wildman–Crippen MR) is 97.1 cm³/mol. The highest BCUT2D eigenvalue weighted by molar-refractivity contribution is 6.55. The Kier molecular flexibility index (Phi) is 4.38. The van der Waals surface area contributed by atoms with E-state index in [1.54, 1.807) is 12.5 Å². The zero-order valence-corrected chi connectivity index (χ0v) is 14.7. The van der Waals surface area contributed by atoms with Crippen molar-refractivity contribution >= 4 is 13.2 Å². The Bertz CT molecular complexity index is 705. The van der Waals surface area contributed by atoms with Crippen LogP contribution in [0.3, 0.4) is 0 Å². The largest absolute Gasteiger partial charge is 0.491 e. The van der Waals surface area contributed by atoms with Gasteiger partial charge in [-0.3, -0.25) is 0 Å². The number of nitrogens with two attached hydrogens (primary N) is 1. The van der Waals surface area contributed by atoms with Crippen molar-refractivity contribution in [3.05, 3.63) is 47.8 Å². The Morgan fingerprint density at radius 2 is 1.79 bits per heavy atom. The van der Waals surface area contributed by atoms with Gasteiger partial charge in [-0.15, -0.1) is 0 Å². The number of nitrogens with zero attached hydrogens (tertiary/aromatic N) is 1. The fourth-order valence-electron chi connectivity index (χ4n) is 2.60. The maximum Gasteiger partial charge on any atom is 0.491 e. The maximum atomic E-state index is 6.09. The molecule has 0 unspecified atom stereocenters. The highest BCUT2D eigenvalue weighted by Crippen LogP contribution is 2.38. The van der Waals surface area contributed by atoms with Gasteiger partial charge < -0.3 is 20.0 Å². The van der Waals surface area contributed by atoms with E-state index in [1.807, 2.05) is 33.8 Å². The highest BCUT2D eigenvalue weighted by Gasteiger charge is 2.52. The van der Waals surface area contributed by atoms with E-state index < -0.39 is 7.12 Å². The lowest BCUT2D eigenvalue weighted by molar-refractivity contribution is 0.00578. The predicted octanol–water partition coefficient (Wildman–Crippen LogP) is 3.05. The molecule has 5 nitrogen and oxygen atoms in total. The van der Waals surface area contributed by atoms with E-state index >= 15 is 0 Å². The third-order valence-corrected chi connectivity index (χ3v) is 4.86. The van der Waals surface area contributed by atoms with Crippen LogP contribution in [0.2, 0.25) is 0 Å². The Balaban J connectivity index is 1.81. The molecule has 0 amide bonds. The molecule has 0 bridgehead atoms. The number of H-pyrrole nitrogens is 1. The van der Waals surface area contributed by atoms with Crippen LogP contribution in [-0.4, -0.2) is 34.8 Å². The lowest BCUT2D eigenvalue weighted by atomic mass is 9.77. The zero-order valence-electron chi connectivity index (χ0n) is 14.7. The van der Waals surface area contributed by atoms with Crippen LogP contribution < -0.4 is 5.73 Å². The minimum Gasteiger partial charge on any atom is -0.400 e. The molecule has 6 heteroatoms. The molecule has 3 rings (SSSR count). The second kappa shape index (κ2) is 6.20. The average molecular weight is 325 g/mol. The van der Waals surface area contributed by atoms with Crippen LogP contribution in [0.4, 0.5) is 0 Å². The first kappa shape index (κ1) is 17.0. The molecule has 2 heterocycles. The van der Waals surface area contributed by atoms with Gasteiger partial charge in [0.15, 0.2) is 0 Å². The standard InChI is InChI=1S/C18H24BN3O2/c1-17(2)18(3,4)24-19(23-17)15(10-20)9-13-5-7-14(8-6-13)16-11-21-12-22-16/h5-9,11-12H,10,20H2,1-4H3,(H,21,22). The van der Waals surface area contributed by atoms with Crippen LogP contribution in [0.25, 0.3) is 17.3 Å². The van der Waals surface area contributed by atoms with Gasteiger partial charge in [-0.25, -0.2) is 4.98 Å². The van der Waals surface area contributed by atoms with Crippen molar-refractivity contribution in [2.45, 2.75) is 38.9 Å². The molecule has 1 saturated heterocycles. The third kappa shape index (κ3) is 3.17. The van der Waals surface area contributed by atoms with Gasteiger partial charge in [0, 0.05) is 6.54 Å². The number of imidazole rings is 1. The van der Waals surface area contributed by atoms with Crippen LogP contribution in [-0.2, 0) is 9.31 Å². The molecule has 0 spiro atoms. The number of aromatic nitrogens is 2. The summed E-state index contributed by atoms with van der Waals surface area (Å²) < 4.78 is 12.2. The SMILES string of the molecule is CC1(C)OB(C(=Cc2ccc(-c3cnc[nH]3)cc2)CN)OC1(C)C. The number of benzene rings is 1. The van der Waals surface area contributed by atoms with Gasteiger partial charge in [0.2, 0.25) is 0 Å². The van der Waals surface area contributed by atoms with Crippen molar-refractivity contribution in [1.82, 2.24) is 9.97 Å². The molecule has 1 fully saturated rings. The van der Waals surface area contributed by atoms with Crippen molar-refractivity contribution in [1.29, 1.82) is 0 Å². The fourth-order valence-corrected chi connectivity index (χ4v) is 2.60. The summed E-state index contributed by atoms with van der Waals surface area (Å²) in [4.78, 5) is 7.15. The summed E-state index contributed by atoms with van der Waals surface area (Å²) in [6.45, 7) is 8.56. The zero-order chi connectivity index (χ0) is 17.4. The molecule has 1 aromatic heterocycles. The Labute approximate surface area is 143 Å². The first-order chi connectivity index (χ1) is 11.3. The van der Waals surface area contributed by atoms with Gasteiger partial charge in [-0.2, -0.15) is 0 Å². The summed E-state index contributed by atoms with van der Waals surface area (Å²) in [6, 6.07) is 8.21. The Morgan fingerprint density at radius 3 is 2.29 bits per heavy atom. The topological polar surface area (TPSA) is 73.2 Å². The van der Waals surface area contributed by atoms with Gasteiger partial charge in [-0.1, -0.05) is 30.3 Å². The Hall–Kier alpha value is -1.89. The number of aromatic amines is 1. The molecule has 3 N–H and O–H groups in total. The molecular formula is C18H24BN3O2. The number of hydrogen-bond donors (Lipinski definition) is 2.